The van der Waals surface area contributed by atoms with Crippen LogP contribution in [0.1, 0.15) is 24.1 Å². The van der Waals surface area contributed by atoms with Crippen LogP contribution >= 0.6 is 11.6 Å². The summed E-state index contributed by atoms with van der Waals surface area (Å²) in [5.74, 6) is 0.705. The fourth-order valence-electron chi connectivity index (χ4n) is 2.55. The summed E-state index contributed by atoms with van der Waals surface area (Å²) < 4.78 is 10.5. The third kappa shape index (κ3) is 5.66. The Bertz CT molecular complexity index is 906. The molecule has 0 aliphatic rings. The molecule has 1 atom stereocenters. The second-order valence-corrected chi connectivity index (χ2v) is 6.43. The van der Waals surface area contributed by atoms with Gasteiger partial charge in [-0.3, -0.25) is 4.79 Å². The molecule has 0 spiro atoms. The predicted octanol–water partition coefficient (Wildman–Crippen LogP) is 3.73. The Kier molecular flexibility index (Phi) is 7.73. The smallest absolute Gasteiger partial charge is 0.263 e. The first-order valence-corrected chi connectivity index (χ1v) is 8.97. The number of nitrogens with one attached hydrogen (secondary N) is 2. The highest BCUT2D eigenvalue weighted by Crippen LogP contribution is 2.29. The third-order valence-electron chi connectivity index (χ3n) is 4.06. The molecule has 0 saturated carbocycles. The number of hydrogen-bond donors (Lipinski definition) is 2. The molecule has 0 saturated heterocycles. The number of hydrogen-bond acceptors (Lipinski definition) is 5. The normalized spacial score (nSPS) is 11.9. The van der Waals surface area contributed by atoms with Crippen molar-refractivity contribution in [3.05, 3.63) is 70.4 Å². The standard InChI is InChI=1S/C21H22ClN3O3/c1-14(16-7-8-19(27-2)20(10-16)28-3)25-21(26)17(11-23)13-24-12-15-5-4-6-18(22)9-15/h4-10,13-14,24H,12H2,1-3H3,(H,25,26)/b17-13-. The molecule has 7 heteroatoms. The highest BCUT2D eigenvalue weighted by Gasteiger charge is 2.15. The zero-order chi connectivity index (χ0) is 20.5. The Balaban J connectivity index is 2.01. The van der Waals surface area contributed by atoms with E-state index in [0.29, 0.717) is 23.1 Å². The van der Waals surface area contributed by atoms with Crippen LogP contribution in [0.2, 0.25) is 5.02 Å². The number of carbonyl (C=O) groups is 1. The topological polar surface area (TPSA) is 83.4 Å². The van der Waals surface area contributed by atoms with Gasteiger partial charge in [-0.1, -0.05) is 29.8 Å². The molecule has 2 aromatic carbocycles. The summed E-state index contributed by atoms with van der Waals surface area (Å²) in [5, 5.41) is 15.7. The van der Waals surface area contributed by atoms with Gasteiger partial charge in [-0.15, -0.1) is 0 Å². The van der Waals surface area contributed by atoms with Gasteiger partial charge in [0.25, 0.3) is 5.91 Å². The minimum absolute atomic E-state index is 0.0191. The van der Waals surface area contributed by atoms with Crippen molar-refractivity contribution in [3.8, 4) is 17.6 Å². The van der Waals surface area contributed by atoms with Crippen LogP contribution < -0.4 is 20.1 Å². The number of nitrogens with zero attached hydrogens (tertiary/aromatic N) is 1. The summed E-state index contributed by atoms with van der Waals surface area (Å²) in [6.07, 6.45) is 1.40. The second-order valence-electron chi connectivity index (χ2n) is 5.99. The Morgan fingerprint density at radius 3 is 2.61 bits per heavy atom. The van der Waals surface area contributed by atoms with Crippen molar-refractivity contribution in [1.82, 2.24) is 10.6 Å². The summed E-state index contributed by atoms with van der Waals surface area (Å²) in [5.41, 5.74) is 1.75. The Labute approximate surface area is 169 Å². The molecule has 146 valence electrons. The lowest BCUT2D eigenvalue weighted by Crippen LogP contribution is -2.28. The summed E-state index contributed by atoms with van der Waals surface area (Å²) >= 11 is 5.94. The maximum Gasteiger partial charge on any atom is 0.263 e. The first-order valence-electron chi connectivity index (χ1n) is 8.59. The van der Waals surface area contributed by atoms with E-state index in [9.17, 15) is 10.1 Å². The van der Waals surface area contributed by atoms with Crippen molar-refractivity contribution in [2.24, 2.45) is 0 Å². The molecule has 0 fully saturated rings. The zero-order valence-corrected chi connectivity index (χ0v) is 16.7. The molecule has 0 heterocycles. The van der Waals surface area contributed by atoms with Gasteiger partial charge in [0.2, 0.25) is 0 Å². The van der Waals surface area contributed by atoms with Crippen LogP contribution in [0, 0.1) is 11.3 Å². The molecule has 28 heavy (non-hydrogen) atoms. The lowest BCUT2D eigenvalue weighted by molar-refractivity contribution is -0.117. The summed E-state index contributed by atoms with van der Waals surface area (Å²) in [6.45, 7) is 2.28. The van der Waals surface area contributed by atoms with Gasteiger partial charge in [-0.25, -0.2) is 0 Å². The van der Waals surface area contributed by atoms with Crippen LogP contribution in [0.15, 0.2) is 54.2 Å². The Morgan fingerprint density at radius 2 is 1.96 bits per heavy atom. The lowest BCUT2D eigenvalue weighted by atomic mass is 10.1. The quantitative estimate of drug-likeness (QED) is 0.522. The van der Waals surface area contributed by atoms with Crippen molar-refractivity contribution < 1.29 is 14.3 Å². The molecule has 2 rings (SSSR count). The van der Waals surface area contributed by atoms with E-state index in [1.165, 1.54) is 6.20 Å². The molecule has 0 radical (unpaired) electrons. The molecule has 0 bridgehead atoms. The second kappa shape index (κ2) is 10.2. The van der Waals surface area contributed by atoms with Crippen molar-refractivity contribution in [2.45, 2.75) is 19.5 Å². The highest BCUT2D eigenvalue weighted by atomic mass is 35.5. The minimum Gasteiger partial charge on any atom is -0.493 e. The lowest BCUT2D eigenvalue weighted by Gasteiger charge is -2.16. The molecular weight excluding hydrogens is 378 g/mol. The SMILES string of the molecule is COc1ccc(C(C)NC(=O)/C(C#N)=C\NCc2cccc(Cl)c2)cc1OC. The fourth-order valence-corrected chi connectivity index (χ4v) is 2.76. The van der Waals surface area contributed by atoms with E-state index in [1.807, 2.05) is 37.3 Å². The van der Waals surface area contributed by atoms with Crippen molar-refractivity contribution in [1.29, 1.82) is 5.26 Å². The molecule has 1 amide bonds. The van der Waals surface area contributed by atoms with Gasteiger partial charge in [-0.05, 0) is 42.3 Å². The van der Waals surface area contributed by atoms with Crippen molar-refractivity contribution in [3.63, 3.8) is 0 Å². The van der Waals surface area contributed by atoms with Gasteiger partial charge in [0.05, 0.1) is 20.3 Å². The monoisotopic (exact) mass is 399 g/mol. The molecular formula is C21H22ClN3O3. The summed E-state index contributed by atoms with van der Waals surface area (Å²) in [7, 11) is 3.11. The average molecular weight is 400 g/mol. The molecule has 6 nitrogen and oxygen atoms in total. The van der Waals surface area contributed by atoms with Gasteiger partial charge < -0.3 is 20.1 Å². The van der Waals surface area contributed by atoms with Gasteiger partial charge in [0, 0.05) is 17.8 Å². The van der Waals surface area contributed by atoms with Gasteiger partial charge in [-0.2, -0.15) is 5.26 Å². The number of carbonyl (C=O) groups excluding carboxylic acids is 1. The van der Waals surface area contributed by atoms with Gasteiger partial charge in [0.1, 0.15) is 11.6 Å². The van der Waals surface area contributed by atoms with E-state index in [4.69, 9.17) is 21.1 Å². The van der Waals surface area contributed by atoms with Gasteiger partial charge in [0.15, 0.2) is 11.5 Å². The van der Waals surface area contributed by atoms with E-state index in [2.05, 4.69) is 10.6 Å². The van der Waals surface area contributed by atoms with Crippen LogP contribution in [0.5, 0.6) is 11.5 Å². The van der Waals surface area contributed by atoms with Crippen LogP contribution in [-0.4, -0.2) is 20.1 Å². The molecule has 2 N–H and O–H groups in total. The zero-order valence-electron chi connectivity index (χ0n) is 16.0. The largest absolute Gasteiger partial charge is 0.493 e. The number of halogens is 1. The first-order chi connectivity index (χ1) is 13.5. The first kappa shape index (κ1) is 21.1. The number of rotatable bonds is 8. The van der Waals surface area contributed by atoms with E-state index < -0.39 is 5.91 Å². The fraction of sp³-hybridized carbons (Fsp3) is 0.238. The number of benzene rings is 2. The third-order valence-corrected chi connectivity index (χ3v) is 4.30. The average Bonchev–Trinajstić information content (AvgIpc) is 2.70. The summed E-state index contributed by atoms with van der Waals surface area (Å²) in [4.78, 5) is 12.4. The molecule has 0 aliphatic carbocycles. The molecule has 1 unspecified atom stereocenters. The van der Waals surface area contributed by atoms with Crippen molar-refractivity contribution >= 4 is 17.5 Å². The predicted molar refractivity (Wildman–Crippen MR) is 108 cm³/mol. The van der Waals surface area contributed by atoms with E-state index in [1.54, 1.807) is 32.4 Å². The van der Waals surface area contributed by atoms with Crippen LogP contribution in [-0.2, 0) is 11.3 Å². The maximum atomic E-state index is 12.4. The number of nitriles is 1. The highest BCUT2D eigenvalue weighted by molar-refractivity contribution is 6.30. The van der Waals surface area contributed by atoms with Crippen molar-refractivity contribution in [2.75, 3.05) is 14.2 Å². The molecule has 0 aliphatic heterocycles. The summed E-state index contributed by atoms with van der Waals surface area (Å²) in [6, 6.07) is 14.3. The number of methoxy groups -OCH3 is 2. The van der Waals surface area contributed by atoms with Gasteiger partial charge >= 0.3 is 0 Å². The van der Waals surface area contributed by atoms with Crippen LogP contribution in [0.3, 0.4) is 0 Å². The minimum atomic E-state index is -0.469. The maximum absolute atomic E-state index is 12.4. The number of amides is 1. The number of ether oxygens (including phenoxy) is 2. The molecule has 0 aromatic heterocycles. The van der Waals surface area contributed by atoms with E-state index in [-0.39, 0.29) is 11.6 Å². The van der Waals surface area contributed by atoms with E-state index >= 15 is 0 Å². The molecule has 2 aromatic rings. The van der Waals surface area contributed by atoms with E-state index in [0.717, 1.165) is 11.1 Å². The van der Waals surface area contributed by atoms with Crippen LogP contribution in [0.4, 0.5) is 0 Å². The van der Waals surface area contributed by atoms with Crippen LogP contribution in [0.25, 0.3) is 0 Å². The Hall–Kier alpha value is -3.17. The Morgan fingerprint density at radius 1 is 1.21 bits per heavy atom.